The normalized spacial score (nSPS) is 17.0. The third kappa shape index (κ3) is 3.48. The maximum atomic E-state index is 12.4. The minimum atomic E-state index is -3.45. The molecule has 1 aromatic carbocycles. The molecule has 7 heteroatoms. The topological polar surface area (TPSA) is 62.1 Å². The summed E-state index contributed by atoms with van der Waals surface area (Å²) in [5, 5.41) is 0. The molecular weight excluding hydrogens is 302 g/mol. The molecule has 0 saturated carbocycles. The molecule has 1 aromatic rings. The van der Waals surface area contributed by atoms with Gasteiger partial charge in [0.2, 0.25) is 10.0 Å². The summed E-state index contributed by atoms with van der Waals surface area (Å²) >= 11 is 0. The molecule has 0 bridgehead atoms. The predicted molar refractivity (Wildman–Crippen MR) is 84.5 cm³/mol. The average Bonchev–Trinajstić information content (AvgIpc) is 2.54. The molecule has 1 amide bonds. The first-order valence-corrected chi connectivity index (χ1v) is 8.95. The highest BCUT2D eigenvalue weighted by atomic mass is 32.2. The standard InChI is InChI=1S/C15H23N3O3S/c1-4-17-9-11-18(12-10-17)15(19)13-5-7-14(8-6-13)22(20,21)16(2)3/h5-8H,4,9-12H2,1-3H3/p+1. The first-order valence-electron chi connectivity index (χ1n) is 7.51. The molecule has 22 heavy (non-hydrogen) atoms. The van der Waals surface area contributed by atoms with Crippen LogP contribution in [0.15, 0.2) is 29.2 Å². The monoisotopic (exact) mass is 326 g/mol. The summed E-state index contributed by atoms with van der Waals surface area (Å²) in [7, 11) is -0.470. The van der Waals surface area contributed by atoms with Crippen LogP contribution in [0.1, 0.15) is 17.3 Å². The number of amides is 1. The van der Waals surface area contributed by atoms with Crippen molar-refractivity contribution in [3.05, 3.63) is 29.8 Å². The van der Waals surface area contributed by atoms with Crippen molar-refractivity contribution in [3.63, 3.8) is 0 Å². The van der Waals surface area contributed by atoms with E-state index < -0.39 is 10.0 Å². The first kappa shape index (κ1) is 16.9. The third-order valence-corrected chi connectivity index (χ3v) is 5.97. The Labute approximate surface area is 132 Å². The summed E-state index contributed by atoms with van der Waals surface area (Å²) in [5.41, 5.74) is 0.539. The second kappa shape index (κ2) is 6.76. The Balaban J connectivity index is 2.09. The van der Waals surface area contributed by atoms with Crippen molar-refractivity contribution in [3.8, 4) is 0 Å². The lowest BCUT2D eigenvalue weighted by atomic mass is 10.2. The van der Waals surface area contributed by atoms with Gasteiger partial charge in [0.1, 0.15) is 0 Å². The number of nitrogens with one attached hydrogen (secondary N) is 1. The van der Waals surface area contributed by atoms with Gasteiger partial charge in [-0.05, 0) is 31.2 Å². The molecule has 122 valence electrons. The van der Waals surface area contributed by atoms with Gasteiger partial charge in [-0.15, -0.1) is 0 Å². The minimum Gasteiger partial charge on any atom is -0.332 e. The quantitative estimate of drug-likeness (QED) is 0.796. The van der Waals surface area contributed by atoms with Crippen LogP contribution in [0.4, 0.5) is 0 Å². The van der Waals surface area contributed by atoms with Crippen molar-refractivity contribution in [1.82, 2.24) is 9.21 Å². The van der Waals surface area contributed by atoms with Crippen molar-refractivity contribution in [2.45, 2.75) is 11.8 Å². The van der Waals surface area contributed by atoms with Gasteiger partial charge in [0.25, 0.3) is 5.91 Å². The Bertz CT molecular complexity index is 618. The summed E-state index contributed by atoms with van der Waals surface area (Å²) in [6, 6.07) is 6.18. The smallest absolute Gasteiger partial charge is 0.254 e. The van der Waals surface area contributed by atoms with E-state index in [0.717, 1.165) is 37.0 Å². The highest BCUT2D eigenvalue weighted by Gasteiger charge is 2.24. The Morgan fingerprint density at radius 2 is 1.73 bits per heavy atom. The zero-order valence-electron chi connectivity index (χ0n) is 13.4. The van der Waals surface area contributed by atoms with Gasteiger partial charge in [0.05, 0.1) is 37.6 Å². The summed E-state index contributed by atoms with van der Waals surface area (Å²) in [4.78, 5) is 16.0. The van der Waals surface area contributed by atoms with Crippen molar-refractivity contribution in [2.24, 2.45) is 0 Å². The predicted octanol–water partition coefficient (Wildman–Crippen LogP) is -0.702. The molecule has 0 aliphatic carbocycles. The number of benzene rings is 1. The second-order valence-electron chi connectivity index (χ2n) is 5.71. The zero-order valence-corrected chi connectivity index (χ0v) is 14.2. The molecule has 1 fully saturated rings. The van der Waals surface area contributed by atoms with Gasteiger partial charge in [-0.25, -0.2) is 12.7 Å². The summed E-state index contributed by atoms with van der Waals surface area (Å²) in [5.74, 6) is -0.0241. The molecule has 0 aromatic heterocycles. The van der Waals surface area contributed by atoms with Gasteiger partial charge >= 0.3 is 0 Å². The molecule has 1 aliphatic heterocycles. The van der Waals surface area contributed by atoms with E-state index in [2.05, 4.69) is 6.92 Å². The van der Waals surface area contributed by atoms with Crippen LogP contribution < -0.4 is 4.90 Å². The number of nitrogens with zero attached hydrogens (tertiary/aromatic N) is 2. The maximum Gasteiger partial charge on any atom is 0.254 e. The van der Waals surface area contributed by atoms with E-state index >= 15 is 0 Å². The van der Waals surface area contributed by atoms with E-state index in [1.165, 1.54) is 31.1 Å². The number of rotatable bonds is 4. The largest absolute Gasteiger partial charge is 0.332 e. The summed E-state index contributed by atoms with van der Waals surface area (Å²) < 4.78 is 25.2. The molecular formula is C15H24N3O3S+. The average molecular weight is 326 g/mol. The van der Waals surface area contributed by atoms with E-state index in [4.69, 9.17) is 0 Å². The molecule has 6 nitrogen and oxygen atoms in total. The first-order chi connectivity index (χ1) is 10.4. The van der Waals surface area contributed by atoms with Crippen LogP contribution >= 0.6 is 0 Å². The van der Waals surface area contributed by atoms with Gasteiger partial charge in [-0.3, -0.25) is 4.79 Å². The molecule has 1 saturated heterocycles. The van der Waals surface area contributed by atoms with Crippen molar-refractivity contribution in [2.75, 3.05) is 46.8 Å². The molecule has 0 unspecified atom stereocenters. The van der Waals surface area contributed by atoms with Gasteiger partial charge < -0.3 is 9.80 Å². The van der Waals surface area contributed by atoms with Crippen LogP contribution in [0.25, 0.3) is 0 Å². The lowest BCUT2D eigenvalue weighted by molar-refractivity contribution is -0.902. The van der Waals surface area contributed by atoms with Crippen LogP contribution in [-0.4, -0.2) is 70.3 Å². The summed E-state index contributed by atoms with van der Waals surface area (Å²) in [6.07, 6.45) is 0. The van der Waals surface area contributed by atoms with Gasteiger partial charge in [0, 0.05) is 19.7 Å². The van der Waals surface area contributed by atoms with Gasteiger partial charge in [-0.1, -0.05) is 0 Å². The fourth-order valence-corrected chi connectivity index (χ4v) is 3.44. The Hall–Kier alpha value is -1.44. The molecule has 1 N–H and O–H groups in total. The number of hydrogen-bond donors (Lipinski definition) is 1. The highest BCUT2D eigenvalue weighted by Crippen LogP contribution is 2.15. The van der Waals surface area contributed by atoms with Gasteiger partial charge in [0.15, 0.2) is 0 Å². The number of hydrogen-bond acceptors (Lipinski definition) is 3. The van der Waals surface area contributed by atoms with Crippen LogP contribution in [-0.2, 0) is 10.0 Å². The number of quaternary nitrogens is 1. The van der Waals surface area contributed by atoms with E-state index in [-0.39, 0.29) is 10.8 Å². The number of sulfonamides is 1. The fourth-order valence-electron chi connectivity index (χ4n) is 2.54. The fraction of sp³-hybridized carbons (Fsp3) is 0.533. The van der Waals surface area contributed by atoms with E-state index in [1.54, 1.807) is 12.1 Å². The van der Waals surface area contributed by atoms with Crippen molar-refractivity contribution < 1.29 is 18.1 Å². The van der Waals surface area contributed by atoms with Crippen molar-refractivity contribution >= 4 is 15.9 Å². The molecule has 0 radical (unpaired) electrons. The number of carbonyl (C=O) groups is 1. The highest BCUT2D eigenvalue weighted by molar-refractivity contribution is 7.89. The number of carbonyl (C=O) groups excluding carboxylic acids is 1. The maximum absolute atomic E-state index is 12.4. The van der Waals surface area contributed by atoms with E-state index in [0.29, 0.717) is 5.56 Å². The van der Waals surface area contributed by atoms with Crippen LogP contribution in [0, 0.1) is 0 Å². The third-order valence-electron chi connectivity index (χ3n) is 4.14. The lowest BCUT2D eigenvalue weighted by Gasteiger charge is -2.31. The Kier molecular flexibility index (Phi) is 5.20. The molecule has 0 spiro atoms. The van der Waals surface area contributed by atoms with Crippen molar-refractivity contribution in [1.29, 1.82) is 0 Å². The molecule has 1 aliphatic rings. The van der Waals surface area contributed by atoms with Gasteiger partial charge in [-0.2, -0.15) is 0 Å². The van der Waals surface area contributed by atoms with Crippen LogP contribution in [0.3, 0.4) is 0 Å². The van der Waals surface area contributed by atoms with E-state index in [1.807, 2.05) is 4.90 Å². The minimum absolute atomic E-state index is 0.0241. The molecule has 2 rings (SSSR count). The van der Waals surface area contributed by atoms with E-state index in [9.17, 15) is 13.2 Å². The second-order valence-corrected chi connectivity index (χ2v) is 7.86. The molecule has 1 heterocycles. The number of piperazine rings is 1. The molecule has 0 atom stereocenters. The Morgan fingerprint density at radius 3 is 2.18 bits per heavy atom. The summed E-state index contributed by atoms with van der Waals surface area (Å²) in [6.45, 7) is 6.67. The number of likely N-dealkylation sites (N-methyl/N-ethyl adjacent to an activating group) is 1. The Morgan fingerprint density at radius 1 is 1.18 bits per heavy atom. The zero-order chi connectivity index (χ0) is 16.3. The van der Waals surface area contributed by atoms with Crippen LogP contribution in [0.5, 0.6) is 0 Å². The lowest BCUT2D eigenvalue weighted by Crippen LogP contribution is -3.14. The van der Waals surface area contributed by atoms with Crippen LogP contribution in [0.2, 0.25) is 0 Å². The SMILES string of the molecule is CC[NH+]1CCN(C(=O)c2ccc(S(=O)(=O)N(C)C)cc2)CC1.